The molecule has 0 atom stereocenters. The molecule has 0 saturated carbocycles. The highest BCUT2D eigenvalue weighted by molar-refractivity contribution is 4.60. The molecule has 0 N–H and O–H groups in total. The molecule has 1 rings (SSSR count). The molecule has 1 saturated heterocycles. The van der Waals surface area contributed by atoms with Gasteiger partial charge in [-0.05, 0) is 12.8 Å². The van der Waals surface area contributed by atoms with Crippen molar-refractivity contribution < 1.29 is 4.84 Å². The van der Waals surface area contributed by atoms with Crippen LogP contribution in [0.3, 0.4) is 0 Å². The Bertz CT molecular complexity index is 50.0. The summed E-state index contributed by atoms with van der Waals surface area (Å²) in [5.74, 6) is 0. The first-order valence-corrected chi connectivity index (χ1v) is 2.50. The van der Waals surface area contributed by atoms with E-state index in [1.807, 2.05) is 7.05 Å². The van der Waals surface area contributed by atoms with Gasteiger partial charge in [-0.3, -0.25) is 4.84 Å². The standard InChI is InChI=1S/C5H9NO/c1-6-4-2-3-5-7-6/h2-3,5H2,1H3. The van der Waals surface area contributed by atoms with Gasteiger partial charge in [-0.25, -0.2) is 0 Å². The molecular weight excluding hydrogens is 90.1 g/mol. The Morgan fingerprint density at radius 2 is 2.57 bits per heavy atom. The van der Waals surface area contributed by atoms with Gasteiger partial charge in [0, 0.05) is 7.05 Å². The van der Waals surface area contributed by atoms with E-state index in [9.17, 15) is 0 Å². The highest BCUT2D eigenvalue weighted by Gasteiger charge is 2.04. The molecule has 0 aromatic rings. The van der Waals surface area contributed by atoms with Crippen LogP contribution in [0.15, 0.2) is 0 Å². The van der Waals surface area contributed by atoms with Crippen molar-refractivity contribution in [2.75, 3.05) is 13.7 Å². The van der Waals surface area contributed by atoms with Crippen LogP contribution in [0.4, 0.5) is 0 Å². The number of hydrogen-bond donors (Lipinski definition) is 0. The van der Waals surface area contributed by atoms with E-state index in [-0.39, 0.29) is 0 Å². The monoisotopic (exact) mass is 99.1 g/mol. The van der Waals surface area contributed by atoms with Crippen LogP contribution in [0.25, 0.3) is 0 Å². The molecule has 1 heterocycles. The van der Waals surface area contributed by atoms with Gasteiger partial charge in [0.2, 0.25) is 0 Å². The second-order valence-corrected chi connectivity index (χ2v) is 1.59. The number of nitrogens with zero attached hydrogens (tertiary/aromatic N) is 1. The molecule has 2 heteroatoms. The van der Waals surface area contributed by atoms with Gasteiger partial charge in [0.15, 0.2) is 0 Å². The van der Waals surface area contributed by atoms with E-state index in [0.29, 0.717) is 0 Å². The van der Waals surface area contributed by atoms with E-state index in [1.54, 1.807) is 5.06 Å². The van der Waals surface area contributed by atoms with Crippen molar-refractivity contribution in [2.45, 2.75) is 12.8 Å². The molecule has 40 valence electrons. The highest BCUT2D eigenvalue weighted by Crippen LogP contribution is 2.05. The molecule has 0 spiro atoms. The third-order valence-corrected chi connectivity index (χ3v) is 0.941. The van der Waals surface area contributed by atoms with Gasteiger partial charge in [-0.15, -0.1) is 0 Å². The molecule has 0 aromatic carbocycles. The molecule has 0 bridgehead atoms. The van der Waals surface area contributed by atoms with Crippen molar-refractivity contribution in [3.05, 3.63) is 6.54 Å². The maximum Gasteiger partial charge on any atom is 0.0911 e. The van der Waals surface area contributed by atoms with Crippen LogP contribution < -0.4 is 0 Å². The Kier molecular flexibility index (Phi) is 1.65. The zero-order valence-corrected chi connectivity index (χ0v) is 4.48. The van der Waals surface area contributed by atoms with Gasteiger partial charge in [-0.1, -0.05) is 0 Å². The van der Waals surface area contributed by atoms with Crippen LogP contribution in [0.1, 0.15) is 12.8 Å². The van der Waals surface area contributed by atoms with Crippen LogP contribution in [0, 0.1) is 6.54 Å². The lowest BCUT2D eigenvalue weighted by molar-refractivity contribution is -0.137. The third-order valence-electron chi connectivity index (χ3n) is 0.941. The van der Waals surface area contributed by atoms with Gasteiger partial charge in [-0.2, -0.15) is 5.06 Å². The van der Waals surface area contributed by atoms with Crippen molar-refractivity contribution in [1.82, 2.24) is 5.06 Å². The Balaban J connectivity index is 2.12. The normalized spacial score (nSPS) is 25.3. The summed E-state index contributed by atoms with van der Waals surface area (Å²) < 4.78 is 0. The molecule has 2 nitrogen and oxygen atoms in total. The average molecular weight is 99.1 g/mol. The fourth-order valence-corrected chi connectivity index (χ4v) is 0.556. The minimum Gasteiger partial charge on any atom is -0.299 e. The van der Waals surface area contributed by atoms with Crippen LogP contribution in [-0.2, 0) is 4.84 Å². The molecule has 0 aromatic heterocycles. The van der Waals surface area contributed by atoms with E-state index in [2.05, 4.69) is 6.54 Å². The second-order valence-electron chi connectivity index (χ2n) is 1.59. The van der Waals surface area contributed by atoms with Crippen LogP contribution in [-0.4, -0.2) is 18.7 Å². The Morgan fingerprint density at radius 3 is 2.86 bits per heavy atom. The van der Waals surface area contributed by atoms with Crippen molar-refractivity contribution in [2.24, 2.45) is 0 Å². The zero-order valence-electron chi connectivity index (χ0n) is 4.48. The Morgan fingerprint density at radius 1 is 1.71 bits per heavy atom. The smallest absolute Gasteiger partial charge is 0.0911 e. The molecule has 1 aliphatic heterocycles. The van der Waals surface area contributed by atoms with E-state index in [0.717, 1.165) is 19.4 Å². The molecule has 2 radical (unpaired) electrons. The maximum absolute atomic E-state index is 5.00. The van der Waals surface area contributed by atoms with Gasteiger partial charge in [0.1, 0.15) is 0 Å². The maximum atomic E-state index is 5.00. The number of hydrogen-bond acceptors (Lipinski definition) is 2. The van der Waals surface area contributed by atoms with Crippen LogP contribution in [0.5, 0.6) is 0 Å². The van der Waals surface area contributed by atoms with Gasteiger partial charge in [0.25, 0.3) is 0 Å². The predicted octanol–water partition coefficient (Wildman–Crippen LogP) is 0.682. The Labute approximate surface area is 44.0 Å². The van der Waals surface area contributed by atoms with Gasteiger partial charge in [0.05, 0.1) is 13.2 Å². The zero-order chi connectivity index (χ0) is 5.11. The van der Waals surface area contributed by atoms with Crippen molar-refractivity contribution in [1.29, 1.82) is 0 Å². The van der Waals surface area contributed by atoms with E-state index >= 15 is 0 Å². The molecule has 1 fully saturated rings. The summed E-state index contributed by atoms with van der Waals surface area (Å²) in [6.45, 7) is 3.84. The molecule has 0 aliphatic carbocycles. The minimum absolute atomic E-state index is 0.851. The summed E-state index contributed by atoms with van der Waals surface area (Å²) in [7, 11) is 1.86. The molecule has 0 unspecified atom stereocenters. The van der Waals surface area contributed by atoms with Crippen molar-refractivity contribution in [3.8, 4) is 0 Å². The van der Waals surface area contributed by atoms with Crippen molar-refractivity contribution in [3.63, 3.8) is 0 Å². The topological polar surface area (TPSA) is 12.5 Å². The number of rotatable bonds is 0. The average Bonchev–Trinajstić information content (AvgIpc) is 1.69. The third kappa shape index (κ3) is 1.45. The first kappa shape index (κ1) is 5.06. The summed E-state index contributed by atoms with van der Waals surface area (Å²) in [5.41, 5.74) is 0. The lowest BCUT2D eigenvalue weighted by Crippen LogP contribution is -2.21. The first-order chi connectivity index (χ1) is 3.39. The summed E-state index contributed by atoms with van der Waals surface area (Å²) in [6, 6.07) is 0. The minimum atomic E-state index is 0.851. The quantitative estimate of drug-likeness (QED) is 0.443. The lowest BCUT2D eigenvalue weighted by Gasteiger charge is -2.19. The fourth-order valence-electron chi connectivity index (χ4n) is 0.556. The number of hydroxylamine groups is 2. The van der Waals surface area contributed by atoms with Crippen molar-refractivity contribution >= 4 is 0 Å². The van der Waals surface area contributed by atoms with E-state index in [4.69, 9.17) is 4.84 Å². The molecule has 1 aliphatic rings. The van der Waals surface area contributed by atoms with Crippen LogP contribution >= 0.6 is 0 Å². The lowest BCUT2D eigenvalue weighted by atomic mass is 10.3. The first-order valence-electron chi connectivity index (χ1n) is 2.50. The van der Waals surface area contributed by atoms with Gasteiger partial charge < -0.3 is 0 Å². The molecule has 7 heavy (non-hydrogen) atoms. The van der Waals surface area contributed by atoms with Gasteiger partial charge >= 0.3 is 0 Å². The van der Waals surface area contributed by atoms with E-state index in [1.165, 1.54) is 0 Å². The summed E-state index contributed by atoms with van der Waals surface area (Å²) >= 11 is 0. The summed E-state index contributed by atoms with van der Waals surface area (Å²) in [6.07, 6.45) is 2.15. The highest BCUT2D eigenvalue weighted by atomic mass is 16.7. The predicted molar refractivity (Wildman–Crippen MR) is 26.2 cm³/mol. The SMILES string of the molecule is CN1[C]CCCO1. The largest absolute Gasteiger partial charge is 0.299 e. The molecular formula is C5H9NO. The summed E-state index contributed by atoms with van der Waals surface area (Å²) in [5, 5.41) is 1.64. The molecule has 0 amide bonds. The fraction of sp³-hybridized carbons (Fsp3) is 0.800. The summed E-state index contributed by atoms with van der Waals surface area (Å²) in [4.78, 5) is 5.00. The second kappa shape index (κ2) is 2.28. The Hall–Kier alpha value is -0.0800. The van der Waals surface area contributed by atoms with E-state index < -0.39 is 0 Å². The van der Waals surface area contributed by atoms with Crippen LogP contribution in [0.2, 0.25) is 0 Å².